The number of alkyl carbamates (subject to hydrolysis) is 1. The molecule has 1 amide bonds. The van der Waals surface area contributed by atoms with Gasteiger partial charge in [-0.05, 0) is 45.9 Å². The minimum absolute atomic E-state index is 0.257. The number of rotatable bonds is 4. The summed E-state index contributed by atoms with van der Waals surface area (Å²) in [5.41, 5.74) is 4.49. The molecule has 0 spiro atoms. The molecule has 160 valence electrons. The average Bonchev–Trinajstić information content (AvgIpc) is 3.05. The van der Waals surface area contributed by atoms with Crippen molar-refractivity contribution in [2.75, 3.05) is 7.11 Å². The van der Waals surface area contributed by atoms with Crippen LogP contribution in [0, 0.1) is 13.8 Å². The summed E-state index contributed by atoms with van der Waals surface area (Å²) in [7, 11) is 1.63. The molecule has 0 saturated carbocycles. The van der Waals surface area contributed by atoms with Gasteiger partial charge in [0.05, 0.1) is 24.6 Å². The molecule has 1 N–H and O–H groups in total. The van der Waals surface area contributed by atoms with E-state index in [-0.39, 0.29) is 6.10 Å². The van der Waals surface area contributed by atoms with Crippen molar-refractivity contribution in [1.82, 2.24) is 20.1 Å². The summed E-state index contributed by atoms with van der Waals surface area (Å²) in [5, 5.41) is 11.4. The molecule has 8 nitrogen and oxygen atoms in total. The Morgan fingerprint density at radius 3 is 2.52 bits per heavy atom. The summed E-state index contributed by atoms with van der Waals surface area (Å²) >= 11 is 0. The third kappa shape index (κ3) is 4.01. The van der Waals surface area contributed by atoms with Crippen LogP contribution >= 0.6 is 0 Å². The summed E-state index contributed by atoms with van der Waals surface area (Å²) in [6.45, 7) is 7.49. The maximum Gasteiger partial charge on any atom is 0.409 e. The number of aliphatic imine (C=N–C) groups is 1. The second-order valence-corrected chi connectivity index (χ2v) is 7.67. The van der Waals surface area contributed by atoms with E-state index < -0.39 is 12.3 Å². The van der Waals surface area contributed by atoms with E-state index in [4.69, 9.17) is 14.5 Å². The van der Waals surface area contributed by atoms with Gasteiger partial charge >= 0.3 is 6.09 Å². The van der Waals surface area contributed by atoms with Crippen molar-refractivity contribution in [1.29, 1.82) is 0 Å². The minimum atomic E-state index is -0.776. The zero-order valence-electron chi connectivity index (χ0n) is 18.2. The molecule has 2 aromatic carbocycles. The topological polar surface area (TPSA) is 90.6 Å². The van der Waals surface area contributed by atoms with Crippen molar-refractivity contribution in [2.24, 2.45) is 4.99 Å². The van der Waals surface area contributed by atoms with Crippen molar-refractivity contribution in [3.63, 3.8) is 0 Å². The smallest absolute Gasteiger partial charge is 0.409 e. The van der Waals surface area contributed by atoms with Crippen molar-refractivity contribution >= 4 is 11.8 Å². The first kappa shape index (κ1) is 20.6. The van der Waals surface area contributed by atoms with Gasteiger partial charge in [-0.25, -0.2) is 4.79 Å². The normalized spacial score (nSPS) is 14.9. The lowest BCUT2D eigenvalue weighted by Gasteiger charge is -2.15. The summed E-state index contributed by atoms with van der Waals surface area (Å²) in [4.78, 5) is 17.4. The van der Waals surface area contributed by atoms with Crippen LogP contribution in [0.2, 0.25) is 0 Å². The Balaban J connectivity index is 1.93. The Hall–Kier alpha value is -3.68. The fourth-order valence-electron chi connectivity index (χ4n) is 3.53. The van der Waals surface area contributed by atoms with Gasteiger partial charge in [-0.1, -0.05) is 29.8 Å². The lowest BCUT2D eigenvalue weighted by Crippen LogP contribution is -2.31. The quantitative estimate of drug-likeness (QED) is 0.693. The highest BCUT2D eigenvalue weighted by molar-refractivity contribution is 6.15. The molecule has 0 saturated heterocycles. The van der Waals surface area contributed by atoms with E-state index in [9.17, 15) is 4.79 Å². The molecule has 8 heteroatoms. The van der Waals surface area contributed by atoms with E-state index >= 15 is 0 Å². The molecule has 1 aliphatic rings. The average molecular weight is 419 g/mol. The standard InChI is InChI=1S/C23H25N5O3/c1-13(2)31-23(29)25-21-22-27-26-15(4)28(22)19-11-10-17(30-5)12-18(19)20(24-21)16-8-6-14(3)7-9-16/h6-13,21H,1-5H3,(H,25,29)/t21-/m0/s1. The number of hydrogen-bond donors (Lipinski definition) is 1. The maximum atomic E-state index is 12.4. The molecule has 0 unspecified atom stereocenters. The van der Waals surface area contributed by atoms with Gasteiger partial charge in [0.15, 0.2) is 12.0 Å². The zero-order chi connectivity index (χ0) is 22.1. The van der Waals surface area contributed by atoms with E-state index in [1.54, 1.807) is 21.0 Å². The number of ether oxygens (including phenoxy) is 2. The highest BCUT2D eigenvalue weighted by atomic mass is 16.6. The van der Waals surface area contributed by atoms with Crippen LogP contribution in [-0.2, 0) is 4.74 Å². The highest BCUT2D eigenvalue weighted by Crippen LogP contribution is 2.32. The van der Waals surface area contributed by atoms with E-state index in [2.05, 4.69) is 15.5 Å². The molecule has 31 heavy (non-hydrogen) atoms. The van der Waals surface area contributed by atoms with E-state index in [0.29, 0.717) is 23.1 Å². The van der Waals surface area contributed by atoms with Gasteiger partial charge in [-0.3, -0.25) is 14.9 Å². The predicted octanol–water partition coefficient (Wildman–Crippen LogP) is 3.88. The molecule has 1 atom stereocenters. The molecule has 1 aliphatic heterocycles. The van der Waals surface area contributed by atoms with Crippen LogP contribution in [0.4, 0.5) is 4.79 Å². The first-order valence-corrected chi connectivity index (χ1v) is 10.1. The number of aromatic nitrogens is 3. The molecule has 0 radical (unpaired) electrons. The molecule has 4 rings (SSSR count). The number of carbonyl (C=O) groups is 1. The zero-order valence-corrected chi connectivity index (χ0v) is 18.2. The number of amides is 1. The Bertz CT molecular complexity index is 1150. The molecule has 3 aromatic rings. The Morgan fingerprint density at radius 1 is 1.10 bits per heavy atom. The van der Waals surface area contributed by atoms with Gasteiger partial charge < -0.3 is 9.47 Å². The summed E-state index contributed by atoms with van der Waals surface area (Å²) in [6.07, 6.45) is -1.60. The predicted molar refractivity (Wildman–Crippen MR) is 117 cm³/mol. The van der Waals surface area contributed by atoms with Crippen LogP contribution in [0.5, 0.6) is 5.75 Å². The van der Waals surface area contributed by atoms with Gasteiger partial charge in [0.2, 0.25) is 0 Å². The summed E-state index contributed by atoms with van der Waals surface area (Å²) < 4.78 is 12.7. The number of benzene rings is 2. The van der Waals surface area contributed by atoms with E-state index in [0.717, 1.165) is 22.4 Å². The second-order valence-electron chi connectivity index (χ2n) is 7.67. The Labute approximate surface area is 180 Å². The van der Waals surface area contributed by atoms with Crippen molar-refractivity contribution in [3.05, 3.63) is 70.8 Å². The summed E-state index contributed by atoms with van der Waals surface area (Å²) in [5.74, 6) is 1.90. The van der Waals surface area contributed by atoms with Crippen molar-refractivity contribution in [3.8, 4) is 11.4 Å². The van der Waals surface area contributed by atoms with Crippen LogP contribution in [0.15, 0.2) is 47.5 Å². The van der Waals surface area contributed by atoms with Crippen LogP contribution in [0.25, 0.3) is 5.69 Å². The van der Waals surface area contributed by atoms with Crippen molar-refractivity contribution in [2.45, 2.75) is 40.0 Å². The van der Waals surface area contributed by atoms with Gasteiger partial charge in [0.1, 0.15) is 11.6 Å². The fraction of sp³-hybridized carbons (Fsp3) is 0.304. The molecule has 2 heterocycles. The SMILES string of the molecule is COc1ccc2c(c1)C(c1ccc(C)cc1)=N[C@@H](NC(=O)OC(C)C)c1nnc(C)n1-2. The summed E-state index contributed by atoms with van der Waals surface area (Å²) in [6, 6.07) is 13.9. The van der Waals surface area contributed by atoms with Gasteiger partial charge in [0.25, 0.3) is 0 Å². The molecule has 0 aliphatic carbocycles. The Kier molecular flexibility index (Phi) is 5.46. The minimum Gasteiger partial charge on any atom is -0.497 e. The Morgan fingerprint density at radius 2 is 1.84 bits per heavy atom. The number of aryl methyl sites for hydroxylation is 2. The van der Waals surface area contributed by atoms with Crippen molar-refractivity contribution < 1.29 is 14.3 Å². The number of nitrogens with zero attached hydrogens (tertiary/aromatic N) is 4. The third-order valence-corrected chi connectivity index (χ3v) is 4.97. The lowest BCUT2D eigenvalue weighted by molar-refractivity contribution is 0.112. The highest BCUT2D eigenvalue weighted by Gasteiger charge is 2.30. The molecular weight excluding hydrogens is 394 g/mol. The fourth-order valence-corrected chi connectivity index (χ4v) is 3.53. The van der Waals surface area contributed by atoms with Gasteiger partial charge in [-0.2, -0.15) is 0 Å². The second kappa shape index (κ2) is 8.22. The number of fused-ring (bicyclic) bond motifs is 3. The molecular formula is C23H25N5O3. The molecule has 0 bridgehead atoms. The monoisotopic (exact) mass is 419 g/mol. The molecule has 0 fully saturated rings. The first-order valence-electron chi connectivity index (χ1n) is 10.1. The van der Waals surface area contributed by atoms with Crippen LogP contribution in [-0.4, -0.2) is 39.8 Å². The van der Waals surface area contributed by atoms with Crippen LogP contribution < -0.4 is 10.1 Å². The number of hydrogen-bond acceptors (Lipinski definition) is 6. The van der Waals surface area contributed by atoms with Gasteiger partial charge in [-0.15, -0.1) is 10.2 Å². The number of methoxy groups -OCH3 is 1. The molecule has 1 aromatic heterocycles. The van der Waals surface area contributed by atoms with Crippen LogP contribution in [0.3, 0.4) is 0 Å². The number of nitrogens with one attached hydrogen (secondary N) is 1. The third-order valence-electron chi connectivity index (χ3n) is 4.97. The first-order chi connectivity index (χ1) is 14.9. The van der Waals surface area contributed by atoms with E-state index in [1.165, 1.54) is 0 Å². The van der Waals surface area contributed by atoms with Gasteiger partial charge in [0, 0.05) is 11.1 Å². The maximum absolute atomic E-state index is 12.4. The van der Waals surface area contributed by atoms with E-state index in [1.807, 2.05) is 60.9 Å². The number of carbonyl (C=O) groups excluding carboxylic acids is 1. The largest absolute Gasteiger partial charge is 0.497 e. The lowest BCUT2D eigenvalue weighted by atomic mass is 9.99. The van der Waals surface area contributed by atoms with Crippen LogP contribution in [0.1, 0.15) is 48.4 Å².